The third-order valence-electron chi connectivity index (χ3n) is 5.03. The number of hydrogen-bond acceptors (Lipinski definition) is 6. The molecule has 0 saturated carbocycles. The van der Waals surface area contributed by atoms with Crippen LogP contribution in [-0.2, 0) is 11.3 Å². The standard InChI is InChI=1S/C25H34N2O5/c1-25(2,3)32-24(28)27-15-13-26(14-16-27)19-20-5-7-22(8-6-20)30-17-18-31-23-11-9-21(29-4)10-12-23/h5-12H,13-19H2,1-4H3. The lowest BCUT2D eigenvalue weighted by atomic mass is 10.2. The van der Waals surface area contributed by atoms with Gasteiger partial charge in [-0.1, -0.05) is 12.1 Å². The molecule has 2 aromatic rings. The number of benzene rings is 2. The maximum Gasteiger partial charge on any atom is 0.410 e. The third kappa shape index (κ3) is 7.64. The van der Waals surface area contributed by atoms with E-state index in [1.165, 1.54) is 5.56 Å². The number of hydrogen-bond donors (Lipinski definition) is 0. The van der Waals surface area contributed by atoms with Crippen molar-refractivity contribution >= 4 is 6.09 Å². The first-order valence-electron chi connectivity index (χ1n) is 11.0. The van der Waals surface area contributed by atoms with Gasteiger partial charge in [0, 0.05) is 32.7 Å². The van der Waals surface area contributed by atoms with Crippen molar-refractivity contribution < 1.29 is 23.7 Å². The number of carbonyl (C=O) groups is 1. The van der Waals surface area contributed by atoms with Crippen LogP contribution in [0.2, 0.25) is 0 Å². The first-order chi connectivity index (χ1) is 15.3. The lowest BCUT2D eigenvalue weighted by Crippen LogP contribution is -2.49. The van der Waals surface area contributed by atoms with Gasteiger partial charge in [-0.3, -0.25) is 4.90 Å². The summed E-state index contributed by atoms with van der Waals surface area (Å²) in [4.78, 5) is 16.3. The Morgan fingerprint density at radius 2 is 1.31 bits per heavy atom. The minimum Gasteiger partial charge on any atom is -0.497 e. The summed E-state index contributed by atoms with van der Waals surface area (Å²) in [6.07, 6.45) is -0.227. The monoisotopic (exact) mass is 442 g/mol. The zero-order valence-electron chi connectivity index (χ0n) is 19.5. The fourth-order valence-corrected chi connectivity index (χ4v) is 3.36. The molecule has 0 N–H and O–H groups in total. The number of rotatable bonds is 8. The summed E-state index contributed by atoms with van der Waals surface area (Å²) in [6, 6.07) is 15.6. The Morgan fingerprint density at radius 3 is 1.81 bits per heavy atom. The third-order valence-corrected chi connectivity index (χ3v) is 5.03. The van der Waals surface area contributed by atoms with Gasteiger partial charge in [0.25, 0.3) is 0 Å². The van der Waals surface area contributed by atoms with Gasteiger partial charge in [-0.2, -0.15) is 0 Å². The van der Waals surface area contributed by atoms with Crippen molar-refractivity contribution in [2.24, 2.45) is 0 Å². The summed E-state index contributed by atoms with van der Waals surface area (Å²) in [5, 5.41) is 0. The van der Waals surface area contributed by atoms with Crippen LogP contribution < -0.4 is 14.2 Å². The minimum atomic E-state index is -0.458. The van der Waals surface area contributed by atoms with Crippen LogP contribution in [0.3, 0.4) is 0 Å². The van der Waals surface area contributed by atoms with Crippen LogP contribution in [0.25, 0.3) is 0 Å². The fraction of sp³-hybridized carbons (Fsp3) is 0.480. The Bertz CT molecular complexity index is 838. The molecule has 0 spiro atoms. The van der Waals surface area contributed by atoms with E-state index in [-0.39, 0.29) is 6.09 Å². The van der Waals surface area contributed by atoms with E-state index in [2.05, 4.69) is 17.0 Å². The van der Waals surface area contributed by atoms with E-state index >= 15 is 0 Å². The molecule has 2 aromatic carbocycles. The number of ether oxygens (including phenoxy) is 4. The van der Waals surface area contributed by atoms with Gasteiger partial charge >= 0.3 is 6.09 Å². The Hall–Kier alpha value is -2.93. The molecule has 1 fully saturated rings. The highest BCUT2D eigenvalue weighted by Gasteiger charge is 2.25. The molecule has 0 unspecified atom stereocenters. The highest BCUT2D eigenvalue weighted by molar-refractivity contribution is 5.68. The number of methoxy groups -OCH3 is 1. The SMILES string of the molecule is COc1ccc(OCCOc2ccc(CN3CCN(C(=O)OC(C)(C)C)CC3)cc2)cc1. The Labute approximate surface area is 190 Å². The second kappa shape index (κ2) is 11.1. The minimum absolute atomic E-state index is 0.227. The Balaban J connectivity index is 1.35. The molecular formula is C25H34N2O5. The number of piperazine rings is 1. The van der Waals surface area contributed by atoms with Crippen LogP contribution in [-0.4, -0.2) is 68.0 Å². The molecular weight excluding hydrogens is 408 g/mol. The first kappa shape index (κ1) is 23.7. The molecule has 32 heavy (non-hydrogen) atoms. The Kier molecular flexibility index (Phi) is 8.22. The maximum absolute atomic E-state index is 12.2. The maximum atomic E-state index is 12.2. The van der Waals surface area contributed by atoms with E-state index in [1.807, 2.05) is 57.2 Å². The van der Waals surface area contributed by atoms with Crippen LogP contribution in [0.5, 0.6) is 17.2 Å². The molecule has 0 aromatic heterocycles. The average Bonchev–Trinajstić information content (AvgIpc) is 2.77. The second-order valence-electron chi connectivity index (χ2n) is 8.76. The van der Waals surface area contributed by atoms with Crippen LogP contribution in [0.15, 0.2) is 48.5 Å². The molecule has 1 aliphatic heterocycles. The van der Waals surface area contributed by atoms with Gasteiger partial charge in [-0.25, -0.2) is 4.79 Å². The molecule has 1 aliphatic rings. The molecule has 174 valence electrons. The van der Waals surface area contributed by atoms with E-state index in [0.29, 0.717) is 26.3 Å². The lowest BCUT2D eigenvalue weighted by molar-refractivity contribution is 0.0139. The lowest BCUT2D eigenvalue weighted by Gasteiger charge is -2.35. The predicted molar refractivity (Wildman–Crippen MR) is 124 cm³/mol. The highest BCUT2D eigenvalue weighted by Crippen LogP contribution is 2.18. The molecule has 3 rings (SSSR count). The van der Waals surface area contributed by atoms with Gasteiger partial charge in [0.15, 0.2) is 0 Å². The number of nitrogens with zero attached hydrogens (tertiary/aromatic N) is 2. The van der Waals surface area contributed by atoms with Gasteiger partial charge in [0.2, 0.25) is 0 Å². The van der Waals surface area contributed by atoms with E-state index in [4.69, 9.17) is 18.9 Å². The second-order valence-corrected chi connectivity index (χ2v) is 8.76. The molecule has 1 saturated heterocycles. The van der Waals surface area contributed by atoms with Crippen LogP contribution in [0, 0.1) is 0 Å². The zero-order valence-corrected chi connectivity index (χ0v) is 19.5. The largest absolute Gasteiger partial charge is 0.497 e. The topological polar surface area (TPSA) is 60.5 Å². The van der Waals surface area contributed by atoms with Crippen molar-refractivity contribution in [1.82, 2.24) is 9.80 Å². The van der Waals surface area contributed by atoms with E-state index in [0.717, 1.165) is 36.9 Å². The summed E-state index contributed by atoms with van der Waals surface area (Å²) < 4.78 is 22.1. The summed E-state index contributed by atoms with van der Waals surface area (Å²) in [6.45, 7) is 10.5. The van der Waals surface area contributed by atoms with Crippen molar-refractivity contribution in [3.63, 3.8) is 0 Å². The first-order valence-corrected chi connectivity index (χ1v) is 11.0. The smallest absolute Gasteiger partial charge is 0.410 e. The highest BCUT2D eigenvalue weighted by atomic mass is 16.6. The van der Waals surface area contributed by atoms with Gasteiger partial charge < -0.3 is 23.8 Å². The molecule has 0 bridgehead atoms. The van der Waals surface area contributed by atoms with Crippen molar-refractivity contribution in [3.05, 3.63) is 54.1 Å². The fourth-order valence-electron chi connectivity index (χ4n) is 3.36. The van der Waals surface area contributed by atoms with E-state index in [9.17, 15) is 4.79 Å². The van der Waals surface area contributed by atoms with E-state index < -0.39 is 5.60 Å². The van der Waals surface area contributed by atoms with Crippen molar-refractivity contribution in [2.45, 2.75) is 32.9 Å². The summed E-state index contributed by atoms with van der Waals surface area (Å²) in [5.74, 6) is 2.41. The Morgan fingerprint density at radius 1 is 0.812 bits per heavy atom. The molecule has 1 heterocycles. The molecule has 0 atom stereocenters. The van der Waals surface area contributed by atoms with Crippen LogP contribution >= 0.6 is 0 Å². The predicted octanol–water partition coefficient (Wildman–Crippen LogP) is 4.21. The quantitative estimate of drug-likeness (QED) is 0.571. The van der Waals surface area contributed by atoms with Gasteiger partial charge in [0.1, 0.15) is 36.1 Å². The van der Waals surface area contributed by atoms with Crippen LogP contribution in [0.4, 0.5) is 4.79 Å². The average molecular weight is 443 g/mol. The molecule has 7 nitrogen and oxygen atoms in total. The normalized spacial score (nSPS) is 14.7. The van der Waals surface area contributed by atoms with Gasteiger partial charge in [0.05, 0.1) is 7.11 Å². The van der Waals surface area contributed by atoms with Crippen molar-refractivity contribution in [3.8, 4) is 17.2 Å². The number of amides is 1. The number of carbonyl (C=O) groups excluding carboxylic acids is 1. The van der Waals surface area contributed by atoms with Crippen molar-refractivity contribution in [1.29, 1.82) is 0 Å². The molecule has 1 amide bonds. The molecule has 0 radical (unpaired) electrons. The van der Waals surface area contributed by atoms with Gasteiger partial charge in [-0.05, 0) is 62.7 Å². The zero-order chi connectivity index (χ0) is 23.0. The van der Waals surface area contributed by atoms with Gasteiger partial charge in [-0.15, -0.1) is 0 Å². The summed E-state index contributed by atoms with van der Waals surface area (Å²) >= 11 is 0. The summed E-state index contributed by atoms with van der Waals surface area (Å²) in [7, 11) is 1.64. The molecule has 7 heteroatoms. The molecule has 0 aliphatic carbocycles. The van der Waals surface area contributed by atoms with Crippen molar-refractivity contribution in [2.75, 3.05) is 46.5 Å². The van der Waals surface area contributed by atoms with E-state index in [1.54, 1.807) is 12.0 Å². The van der Waals surface area contributed by atoms with Crippen LogP contribution in [0.1, 0.15) is 26.3 Å². The summed E-state index contributed by atoms with van der Waals surface area (Å²) in [5.41, 5.74) is 0.761.